The monoisotopic (exact) mass is 345 g/mol. The van der Waals surface area contributed by atoms with Crippen molar-refractivity contribution >= 4 is 24.4 Å². The molecule has 134 valence electrons. The molecule has 0 amide bonds. The molecule has 0 unspecified atom stereocenters. The maximum absolute atomic E-state index is 12.2. The number of carbonyl (C=O) groups is 2. The van der Waals surface area contributed by atoms with E-state index in [1.165, 1.54) is 6.21 Å². The van der Waals surface area contributed by atoms with Gasteiger partial charge in [-0.15, -0.1) is 5.10 Å². The molecule has 0 atom stereocenters. The molecule has 2 N–H and O–H groups in total. The van der Waals surface area contributed by atoms with Crippen LogP contribution in [0.3, 0.4) is 0 Å². The average molecular weight is 345 g/mol. The SMILES string of the molecule is CC(C)=C(N=C/C(=N\N)OCCCC=O)C(=O)OCc1ccccc1. The molecule has 0 aliphatic rings. The summed E-state index contributed by atoms with van der Waals surface area (Å²) in [4.78, 5) is 26.5. The van der Waals surface area contributed by atoms with Gasteiger partial charge in [-0.05, 0) is 31.4 Å². The largest absolute Gasteiger partial charge is 0.476 e. The number of nitrogens with two attached hydrogens (primary N) is 1. The van der Waals surface area contributed by atoms with E-state index in [4.69, 9.17) is 15.3 Å². The van der Waals surface area contributed by atoms with Crippen molar-refractivity contribution in [3.05, 3.63) is 47.2 Å². The molecule has 7 heteroatoms. The van der Waals surface area contributed by atoms with Crippen molar-refractivity contribution in [3.8, 4) is 0 Å². The van der Waals surface area contributed by atoms with E-state index in [-0.39, 0.29) is 24.8 Å². The molecule has 0 saturated heterocycles. The quantitative estimate of drug-likeness (QED) is 0.108. The number of allylic oxidation sites excluding steroid dienone is 1. The minimum Gasteiger partial charge on any atom is -0.476 e. The van der Waals surface area contributed by atoms with Crippen molar-refractivity contribution < 1.29 is 19.1 Å². The van der Waals surface area contributed by atoms with E-state index in [1.54, 1.807) is 13.8 Å². The lowest BCUT2D eigenvalue weighted by molar-refractivity contribution is -0.140. The van der Waals surface area contributed by atoms with Crippen LogP contribution in [0.25, 0.3) is 0 Å². The number of aldehydes is 1. The Morgan fingerprint density at radius 3 is 2.52 bits per heavy atom. The number of nitrogens with zero attached hydrogens (tertiary/aromatic N) is 2. The number of carbonyl (C=O) groups excluding carboxylic acids is 2. The molecule has 1 aromatic rings. The Balaban J connectivity index is 2.64. The van der Waals surface area contributed by atoms with Crippen LogP contribution < -0.4 is 5.84 Å². The summed E-state index contributed by atoms with van der Waals surface area (Å²) >= 11 is 0. The van der Waals surface area contributed by atoms with Crippen LogP contribution in [-0.2, 0) is 25.7 Å². The summed E-state index contributed by atoms with van der Waals surface area (Å²) in [5, 5.41) is 3.45. The maximum atomic E-state index is 12.2. The Morgan fingerprint density at radius 2 is 1.92 bits per heavy atom. The Morgan fingerprint density at radius 1 is 1.20 bits per heavy atom. The fourth-order valence-corrected chi connectivity index (χ4v) is 1.75. The van der Waals surface area contributed by atoms with Crippen LogP contribution in [0, 0.1) is 0 Å². The van der Waals surface area contributed by atoms with Gasteiger partial charge >= 0.3 is 5.97 Å². The van der Waals surface area contributed by atoms with Crippen LogP contribution in [0.5, 0.6) is 0 Å². The van der Waals surface area contributed by atoms with Crippen LogP contribution in [0.15, 0.2) is 51.7 Å². The first-order valence-corrected chi connectivity index (χ1v) is 7.85. The van der Waals surface area contributed by atoms with E-state index in [1.807, 2.05) is 30.3 Å². The smallest absolute Gasteiger partial charge is 0.357 e. The zero-order chi connectivity index (χ0) is 18.5. The normalized spacial score (nSPS) is 11.2. The summed E-state index contributed by atoms with van der Waals surface area (Å²) in [6.07, 6.45) is 3.00. The van der Waals surface area contributed by atoms with Crippen molar-refractivity contribution in [3.63, 3.8) is 0 Å². The summed E-state index contributed by atoms with van der Waals surface area (Å²) in [6, 6.07) is 9.36. The number of esters is 1. The molecule has 25 heavy (non-hydrogen) atoms. The first-order chi connectivity index (χ1) is 12.1. The molecule has 0 radical (unpaired) electrons. The number of hydrazone groups is 1. The van der Waals surface area contributed by atoms with Crippen molar-refractivity contribution in [2.75, 3.05) is 6.61 Å². The third-order valence-electron chi connectivity index (χ3n) is 3.03. The van der Waals surface area contributed by atoms with E-state index in [2.05, 4.69) is 10.1 Å². The Labute approximate surface area is 147 Å². The molecule has 1 aromatic carbocycles. The minimum atomic E-state index is -0.544. The molecule has 0 saturated carbocycles. The molecule has 0 fully saturated rings. The highest BCUT2D eigenvalue weighted by Gasteiger charge is 2.12. The second-order valence-electron chi connectivity index (χ2n) is 5.29. The average Bonchev–Trinajstić information content (AvgIpc) is 2.62. The van der Waals surface area contributed by atoms with Gasteiger partial charge in [0.25, 0.3) is 0 Å². The van der Waals surface area contributed by atoms with Crippen LogP contribution in [0.2, 0.25) is 0 Å². The highest BCUT2D eigenvalue weighted by molar-refractivity contribution is 6.27. The van der Waals surface area contributed by atoms with Gasteiger partial charge in [0.1, 0.15) is 18.6 Å². The summed E-state index contributed by atoms with van der Waals surface area (Å²) in [5.74, 6) is 4.76. The van der Waals surface area contributed by atoms with Gasteiger partial charge in [-0.25, -0.2) is 9.79 Å². The van der Waals surface area contributed by atoms with E-state index in [0.717, 1.165) is 11.8 Å². The maximum Gasteiger partial charge on any atom is 0.357 e. The summed E-state index contributed by atoms with van der Waals surface area (Å²) in [5.41, 5.74) is 1.73. The number of rotatable bonds is 9. The first kappa shape index (κ1) is 20.1. The highest BCUT2D eigenvalue weighted by Crippen LogP contribution is 2.10. The van der Waals surface area contributed by atoms with Gasteiger partial charge in [0, 0.05) is 6.42 Å². The van der Waals surface area contributed by atoms with Crippen molar-refractivity contribution in [2.45, 2.75) is 33.3 Å². The van der Waals surface area contributed by atoms with Crippen LogP contribution >= 0.6 is 0 Å². The molecule has 0 bridgehead atoms. The zero-order valence-corrected chi connectivity index (χ0v) is 14.5. The topological polar surface area (TPSA) is 103 Å². The second kappa shape index (κ2) is 11.6. The number of aliphatic imine (C=N–C) groups is 1. The lowest BCUT2D eigenvalue weighted by atomic mass is 10.2. The lowest BCUT2D eigenvalue weighted by Crippen LogP contribution is -2.13. The summed E-state index contributed by atoms with van der Waals surface area (Å²) in [6.45, 7) is 3.94. The molecule has 0 aliphatic carbocycles. The van der Waals surface area contributed by atoms with E-state index < -0.39 is 5.97 Å². The fraction of sp³-hybridized carbons (Fsp3) is 0.333. The van der Waals surface area contributed by atoms with Gasteiger partial charge in [-0.1, -0.05) is 30.3 Å². The number of hydrogen-bond donors (Lipinski definition) is 1. The summed E-state index contributed by atoms with van der Waals surface area (Å²) in [7, 11) is 0. The van der Waals surface area contributed by atoms with E-state index in [0.29, 0.717) is 18.4 Å². The third-order valence-corrected chi connectivity index (χ3v) is 3.03. The van der Waals surface area contributed by atoms with Gasteiger partial charge < -0.3 is 20.1 Å². The molecule has 0 spiro atoms. The zero-order valence-electron chi connectivity index (χ0n) is 14.5. The molecular weight excluding hydrogens is 322 g/mol. The molecular formula is C18H23N3O4. The van der Waals surface area contributed by atoms with Crippen LogP contribution in [-0.4, -0.2) is 31.0 Å². The van der Waals surface area contributed by atoms with Crippen LogP contribution in [0.1, 0.15) is 32.3 Å². The third kappa shape index (κ3) is 7.92. The van der Waals surface area contributed by atoms with Gasteiger partial charge in [-0.2, -0.15) is 0 Å². The van der Waals surface area contributed by atoms with Gasteiger partial charge in [0.05, 0.1) is 12.8 Å². The lowest BCUT2D eigenvalue weighted by Gasteiger charge is -2.07. The number of unbranched alkanes of at least 4 members (excludes halogenated alkanes) is 1. The van der Waals surface area contributed by atoms with Crippen molar-refractivity contribution in [1.82, 2.24) is 0 Å². The Kier molecular flexibility index (Phi) is 9.28. The van der Waals surface area contributed by atoms with Gasteiger partial charge in [0.2, 0.25) is 5.90 Å². The van der Waals surface area contributed by atoms with Crippen molar-refractivity contribution in [2.24, 2.45) is 15.9 Å². The van der Waals surface area contributed by atoms with Crippen molar-refractivity contribution in [1.29, 1.82) is 0 Å². The van der Waals surface area contributed by atoms with Gasteiger partial charge in [0.15, 0.2) is 0 Å². The Bertz CT molecular complexity index is 648. The Hall–Kier alpha value is -2.96. The van der Waals surface area contributed by atoms with Gasteiger partial charge in [-0.3, -0.25) is 0 Å². The highest BCUT2D eigenvalue weighted by atomic mass is 16.5. The molecule has 1 rings (SSSR count). The standard InChI is InChI=1S/C18H23N3O4/c1-14(2)17(18(23)25-13-15-8-4-3-5-9-15)20-12-16(21-19)24-11-7-6-10-22/h3-5,8-10,12H,6-7,11,13,19H2,1-2H3/b20-12?,21-16+. The second-order valence-corrected chi connectivity index (χ2v) is 5.29. The fourth-order valence-electron chi connectivity index (χ4n) is 1.75. The molecule has 0 aromatic heterocycles. The molecule has 0 aliphatic heterocycles. The number of ether oxygens (including phenoxy) is 2. The molecule has 7 nitrogen and oxygen atoms in total. The number of hydrogen-bond acceptors (Lipinski definition) is 7. The predicted octanol–water partition coefficient (Wildman–Crippen LogP) is 2.36. The van der Waals surface area contributed by atoms with Crippen LogP contribution in [0.4, 0.5) is 0 Å². The minimum absolute atomic E-state index is 0.0699. The first-order valence-electron chi connectivity index (χ1n) is 7.85. The summed E-state index contributed by atoms with van der Waals surface area (Å²) < 4.78 is 10.5. The molecule has 0 heterocycles. The predicted molar refractivity (Wildman–Crippen MR) is 96.0 cm³/mol. The number of benzene rings is 1. The van der Waals surface area contributed by atoms with E-state index in [9.17, 15) is 9.59 Å². The van der Waals surface area contributed by atoms with E-state index >= 15 is 0 Å².